The molecule has 0 unspecified atom stereocenters. The highest BCUT2D eigenvalue weighted by Gasteiger charge is 2.42. The minimum atomic E-state index is -0.581. The number of carbonyl (C=O) groups is 3. The fourth-order valence-corrected chi connectivity index (χ4v) is 6.73. The normalized spacial score (nSPS) is 18.8. The van der Waals surface area contributed by atoms with E-state index in [0.717, 1.165) is 17.7 Å². The van der Waals surface area contributed by atoms with E-state index in [1.807, 2.05) is 30.3 Å². The fourth-order valence-electron chi connectivity index (χ4n) is 5.90. The van der Waals surface area contributed by atoms with Crippen molar-refractivity contribution in [2.75, 3.05) is 13.1 Å². The molecule has 3 amide bonds. The predicted octanol–water partition coefficient (Wildman–Crippen LogP) is 4.67. The molecular weight excluding hydrogens is 550 g/mol. The SMILES string of the molecule is N=C(N)c1csc(CNC(=O)[C@@H]2C[C@@H](C3CCCCC3)CN2C(=O)CNC(=O)c2ccc(Oc3ccccc3)cc2)c1. The second-order valence-corrected chi connectivity index (χ2v) is 12.0. The van der Waals surface area contributed by atoms with Crippen molar-refractivity contribution < 1.29 is 19.1 Å². The molecule has 1 aliphatic carbocycles. The molecule has 2 atom stereocenters. The van der Waals surface area contributed by atoms with Crippen molar-refractivity contribution in [3.8, 4) is 11.5 Å². The van der Waals surface area contributed by atoms with Crippen molar-refractivity contribution in [1.82, 2.24) is 15.5 Å². The third-order valence-corrected chi connectivity index (χ3v) is 9.11. The fraction of sp³-hybridized carbons (Fsp3) is 0.375. The lowest BCUT2D eigenvalue weighted by atomic mass is 9.79. The summed E-state index contributed by atoms with van der Waals surface area (Å²) in [6.45, 7) is 0.649. The van der Waals surface area contributed by atoms with Gasteiger partial charge in [0.05, 0.1) is 13.1 Å². The van der Waals surface area contributed by atoms with E-state index in [9.17, 15) is 14.4 Å². The van der Waals surface area contributed by atoms with Crippen molar-refractivity contribution in [1.29, 1.82) is 5.41 Å². The summed E-state index contributed by atoms with van der Waals surface area (Å²) in [5.74, 6) is 1.25. The first kappa shape index (κ1) is 29.3. The number of nitrogens with one attached hydrogen (secondary N) is 3. The van der Waals surface area contributed by atoms with E-state index in [1.54, 1.807) is 40.6 Å². The van der Waals surface area contributed by atoms with Gasteiger partial charge in [0.2, 0.25) is 11.8 Å². The van der Waals surface area contributed by atoms with Crippen LogP contribution in [0.4, 0.5) is 0 Å². The number of thiophene rings is 1. The van der Waals surface area contributed by atoms with Gasteiger partial charge in [0.25, 0.3) is 5.91 Å². The van der Waals surface area contributed by atoms with E-state index in [0.29, 0.717) is 48.1 Å². The zero-order chi connectivity index (χ0) is 29.5. The number of ether oxygens (including phenoxy) is 1. The van der Waals surface area contributed by atoms with Gasteiger partial charge in [-0.3, -0.25) is 19.8 Å². The number of nitrogen functional groups attached to an aromatic ring is 1. The molecule has 2 aliphatic rings. The van der Waals surface area contributed by atoms with Crippen molar-refractivity contribution in [3.63, 3.8) is 0 Å². The summed E-state index contributed by atoms with van der Waals surface area (Å²) in [7, 11) is 0. The molecule has 1 saturated carbocycles. The smallest absolute Gasteiger partial charge is 0.251 e. The monoisotopic (exact) mass is 587 g/mol. The highest BCUT2D eigenvalue weighted by Crippen LogP contribution is 2.37. The molecule has 5 rings (SSSR count). The average molecular weight is 588 g/mol. The maximum Gasteiger partial charge on any atom is 0.251 e. The zero-order valence-electron chi connectivity index (χ0n) is 23.5. The van der Waals surface area contributed by atoms with Gasteiger partial charge in [0.15, 0.2) is 0 Å². The molecule has 9 nitrogen and oxygen atoms in total. The van der Waals surface area contributed by atoms with E-state index in [2.05, 4.69) is 10.6 Å². The van der Waals surface area contributed by atoms with Crippen LogP contribution in [0.3, 0.4) is 0 Å². The number of nitrogens with zero attached hydrogens (tertiary/aromatic N) is 1. The summed E-state index contributed by atoms with van der Waals surface area (Å²) in [4.78, 5) is 42.2. The number of amidine groups is 1. The molecule has 5 N–H and O–H groups in total. The zero-order valence-corrected chi connectivity index (χ0v) is 24.3. The van der Waals surface area contributed by atoms with E-state index in [4.69, 9.17) is 15.9 Å². The molecule has 1 aliphatic heterocycles. The maximum absolute atomic E-state index is 13.4. The quantitative estimate of drug-likeness (QED) is 0.202. The lowest BCUT2D eigenvalue weighted by molar-refractivity contribution is -0.137. The van der Waals surface area contributed by atoms with Crippen LogP contribution in [0.5, 0.6) is 11.5 Å². The first-order chi connectivity index (χ1) is 20.4. The Morgan fingerprint density at radius 2 is 1.64 bits per heavy atom. The molecule has 0 radical (unpaired) electrons. The number of benzene rings is 2. The molecule has 0 spiro atoms. The first-order valence-corrected chi connectivity index (χ1v) is 15.4. The summed E-state index contributed by atoms with van der Waals surface area (Å²) in [6.07, 6.45) is 6.50. The second-order valence-electron chi connectivity index (χ2n) is 11.0. The Labute approximate surface area is 249 Å². The Bertz CT molecular complexity index is 1400. The Kier molecular flexibility index (Phi) is 9.53. The Morgan fingerprint density at radius 3 is 2.33 bits per heavy atom. The van der Waals surface area contributed by atoms with Crippen molar-refractivity contribution in [2.24, 2.45) is 17.6 Å². The predicted molar refractivity (Wildman–Crippen MR) is 163 cm³/mol. The number of likely N-dealkylation sites (tertiary alicyclic amines) is 1. The van der Waals surface area contributed by atoms with Crippen molar-refractivity contribution >= 4 is 34.9 Å². The Balaban J connectivity index is 1.19. The number of hydrogen-bond donors (Lipinski definition) is 4. The van der Waals surface area contributed by atoms with Crippen LogP contribution in [0.15, 0.2) is 66.0 Å². The summed E-state index contributed by atoms with van der Waals surface area (Å²) in [6, 6.07) is 17.3. The van der Waals surface area contributed by atoms with Crippen LogP contribution >= 0.6 is 11.3 Å². The van der Waals surface area contributed by atoms with Gasteiger partial charge in [0, 0.05) is 27.9 Å². The lowest BCUT2D eigenvalue weighted by Crippen LogP contribution is -2.48. The summed E-state index contributed by atoms with van der Waals surface area (Å²) in [5.41, 5.74) is 6.61. The van der Waals surface area contributed by atoms with Gasteiger partial charge < -0.3 is 26.0 Å². The average Bonchev–Trinajstić information content (AvgIpc) is 3.68. The molecule has 0 bridgehead atoms. The van der Waals surface area contributed by atoms with E-state index in [1.165, 1.54) is 30.6 Å². The van der Waals surface area contributed by atoms with Crippen LogP contribution in [-0.2, 0) is 16.1 Å². The number of rotatable bonds is 10. The number of amides is 3. The van der Waals surface area contributed by atoms with Gasteiger partial charge in [0.1, 0.15) is 23.4 Å². The van der Waals surface area contributed by atoms with Crippen molar-refractivity contribution in [2.45, 2.75) is 51.1 Å². The topological polar surface area (TPSA) is 138 Å². The van der Waals surface area contributed by atoms with Crippen LogP contribution in [-0.4, -0.2) is 47.6 Å². The van der Waals surface area contributed by atoms with Crippen LogP contribution in [0.25, 0.3) is 0 Å². The Morgan fingerprint density at radius 1 is 0.929 bits per heavy atom. The molecular formula is C32H37N5O4S. The molecule has 2 heterocycles. The molecule has 1 saturated heterocycles. The van der Waals surface area contributed by atoms with E-state index < -0.39 is 6.04 Å². The van der Waals surface area contributed by atoms with E-state index >= 15 is 0 Å². The summed E-state index contributed by atoms with van der Waals surface area (Å²) in [5, 5.41) is 15.1. The third kappa shape index (κ3) is 7.36. The highest BCUT2D eigenvalue weighted by molar-refractivity contribution is 7.10. The van der Waals surface area contributed by atoms with Crippen LogP contribution in [0.1, 0.15) is 59.3 Å². The van der Waals surface area contributed by atoms with Gasteiger partial charge in [-0.05, 0) is 60.7 Å². The first-order valence-electron chi connectivity index (χ1n) is 14.5. The number of nitrogens with two attached hydrogens (primary N) is 1. The number of hydrogen-bond acceptors (Lipinski definition) is 6. The molecule has 220 valence electrons. The van der Waals surface area contributed by atoms with Gasteiger partial charge in [-0.15, -0.1) is 11.3 Å². The van der Waals surface area contributed by atoms with E-state index in [-0.39, 0.29) is 36.0 Å². The molecule has 3 aromatic rings. The van der Waals surface area contributed by atoms with Gasteiger partial charge in [-0.25, -0.2) is 0 Å². The molecule has 2 fully saturated rings. The van der Waals surface area contributed by atoms with Crippen molar-refractivity contribution in [3.05, 3.63) is 82.0 Å². The van der Waals surface area contributed by atoms with Crippen LogP contribution in [0, 0.1) is 17.2 Å². The van der Waals surface area contributed by atoms with Gasteiger partial charge >= 0.3 is 0 Å². The number of para-hydroxylation sites is 1. The van der Waals surface area contributed by atoms with Crippen LogP contribution in [0.2, 0.25) is 0 Å². The van der Waals surface area contributed by atoms with Gasteiger partial charge in [-0.1, -0.05) is 50.3 Å². The molecule has 10 heteroatoms. The Hall–Kier alpha value is -4.18. The lowest BCUT2D eigenvalue weighted by Gasteiger charge is -2.27. The molecule has 1 aromatic heterocycles. The van der Waals surface area contributed by atoms with Gasteiger partial charge in [-0.2, -0.15) is 0 Å². The molecule has 42 heavy (non-hydrogen) atoms. The maximum atomic E-state index is 13.4. The van der Waals surface area contributed by atoms with Crippen LogP contribution < -0.4 is 21.1 Å². The highest BCUT2D eigenvalue weighted by atomic mass is 32.1. The molecule has 2 aromatic carbocycles. The standard InChI is InChI=1S/C32H37N5O4S/c33-30(34)24-15-27(42-20-24)17-35-32(40)28-16-23(21-7-3-1-4-8-21)19-37(28)29(38)18-36-31(39)22-11-13-26(14-12-22)41-25-9-5-2-6-10-25/h2,5-6,9-15,20-21,23,28H,1,3-4,7-8,16-19H2,(H3,33,34)(H,35,40)(H,36,39)/t23-,28+/m1/s1. The third-order valence-electron chi connectivity index (χ3n) is 8.17. The minimum absolute atomic E-state index is 0.00905. The number of carbonyl (C=O) groups excluding carboxylic acids is 3. The summed E-state index contributed by atoms with van der Waals surface area (Å²) < 4.78 is 5.79. The largest absolute Gasteiger partial charge is 0.457 e. The summed E-state index contributed by atoms with van der Waals surface area (Å²) >= 11 is 1.43. The second kappa shape index (κ2) is 13.7. The minimum Gasteiger partial charge on any atom is -0.457 e.